The van der Waals surface area contributed by atoms with E-state index in [9.17, 15) is 14.9 Å². The molecule has 0 saturated heterocycles. The van der Waals surface area contributed by atoms with Crippen LogP contribution < -0.4 is 20.1 Å². The van der Waals surface area contributed by atoms with Crippen molar-refractivity contribution in [2.75, 3.05) is 19.5 Å². The van der Waals surface area contributed by atoms with Crippen LogP contribution in [0.3, 0.4) is 0 Å². The van der Waals surface area contributed by atoms with Gasteiger partial charge in [-0.05, 0) is 31.5 Å². The van der Waals surface area contributed by atoms with Crippen molar-refractivity contribution in [3.63, 3.8) is 0 Å². The van der Waals surface area contributed by atoms with E-state index in [1.54, 1.807) is 41.8 Å². The lowest BCUT2D eigenvalue weighted by Gasteiger charge is -2.17. The Kier molecular flexibility index (Phi) is 8.67. The molecule has 0 aliphatic heterocycles. The maximum Gasteiger partial charge on any atom is 0.319 e. The highest BCUT2D eigenvalue weighted by molar-refractivity contribution is 7.98. The number of methoxy groups -OCH3 is 2. The molecule has 12 heteroatoms. The number of nitrogens with zero attached hydrogens (tertiary/aromatic N) is 4. The van der Waals surface area contributed by atoms with Crippen molar-refractivity contribution in [2.24, 2.45) is 0 Å². The number of non-ortho nitro benzene ring substituents is 1. The van der Waals surface area contributed by atoms with E-state index in [1.807, 2.05) is 25.1 Å². The Bertz CT molecular complexity index is 1450. The number of urea groups is 1. The van der Waals surface area contributed by atoms with Gasteiger partial charge in [0.1, 0.15) is 11.5 Å². The van der Waals surface area contributed by atoms with Crippen molar-refractivity contribution in [3.8, 4) is 17.2 Å². The summed E-state index contributed by atoms with van der Waals surface area (Å²) in [6.07, 6.45) is 0. The highest BCUT2D eigenvalue weighted by atomic mass is 32.2. The maximum absolute atomic E-state index is 12.9. The standard InChI is InChI=1S/C27H28N6O5S/c1-17-6-5-7-19(12-17)16-39-27-31-30-25(32(27)21-8-10-22(11-9-21)33(35)36)18(2)28-26(34)29-20-13-23(37-3)15-24(14-20)38-4/h5-15,18H,16H2,1-4H3,(H2,28,29,34). The molecule has 2 N–H and O–H groups in total. The van der Waals surface area contributed by atoms with Gasteiger partial charge in [0, 0.05) is 47.5 Å². The lowest BCUT2D eigenvalue weighted by molar-refractivity contribution is -0.384. The first-order valence-electron chi connectivity index (χ1n) is 12.0. The smallest absolute Gasteiger partial charge is 0.319 e. The first kappa shape index (κ1) is 27.5. The van der Waals surface area contributed by atoms with Gasteiger partial charge in [-0.15, -0.1) is 10.2 Å². The summed E-state index contributed by atoms with van der Waals surface area (Å²) in [6.45, 7) is 3.82. The Morgan fingerprint density at radius 1 is 1.05 bits per heavy atom. The van der Waals surface area contributed by atoms with Crippen molar-refractivity contribution in [3.05, 3.63) is 93.8 Å². The van der Waals surface area contributed by atoms with Crippen LogP contribution >= 0.6 is 11.8 Å². The van der Waals surface area contributed by atoms with E-state index in [-0.39, 0.29) is 5.69 Å². The van der Waals surface area contributed by atoms with Gasteiger partial charge in [0.15, 0.2) is 11.0 Å². The Morgan fingerprint density at radius 3 is 2.36 bits per heavy atom. The number of carbonyl (C=O) groups excluding carboxylic acids is 1. The predicted molar refractivity (Wildman–Crippen MR) is 149 cm³/mol. The first-order chi connectivity index (χ1) is 18.8. The summed E-state index contributed by atoms with van der Waals surface area (Å²) in [6, 6.07) is 18.3. The van der Waals surface area contributed by atoms with Crippen LogP contribution in [-0.4, -0.2) is 39.9 Å². The second-order valence-electron chi connectivity index (χ2n) is 8.65. The average Bonchev–Trinajstić information content (AvgIpc) is 3.35. The number of nitro groups is 1. The van der Waals surface area contributed by atoms with Crippen molar-refractivity contribution in [2.45, 2.75) is 30.8 Å². The number of hydrogen-bond donors (Lipinski definition) is 2. The Balaban J connectivity index is 1.58. The molecule has 0 radical (unpaired) electrons. The number of rotatable bonds is 10. The molecule has 11 nitrogen and oxygen atoms in total. The van der Waals surface area contributed by atoms with Crippen LogP contribution in [-0.2, 0) is 5.75 Å². The highest BCUT2D eigenvalue weighted by Gasteiger charge is 2.22. The zero-order valence-corrected chi connectivity index (χ0v) is 22.7. The monoisotopic (exact) mass is 548 g/mol. The highest BCUT2D eigenvalue weighted by Crippen LogP contribution is 2.29. The van der Waals surface area contributed by atoms with Gasteiger partial charge in [-0.25, -0.2) is 4.79 Å². The van der Waals surface area contributed by atoms with Gasteiger partial charge in [0.2, 0.25) is 0 Å². The van der Waals surface area contributed by atoms with E-state index in [4.69, 9.17) is 9.47 Å². The molecular weight excluding hydrogens is 520 g/mol. The number of carbonyl (C=O) groups is 1. The molecule has 0 fully saturated rings. The number of ether oxygens (including phenoxy) is 2. The van der Waals surface area contributed by atoms with Crippen LogP contribution in [0.5, 0.6) is 11.5 Å². The van der Waals surface area contributed by atoms with E-state index in [0.717, 1.165) is 11.1 Å². The molecular formula is C27H28N6O5S. The quantitative estimate of drug-likeness (QED) is 0.147. The minimum atomic E-state index is -0.562. The van der Waals surface area contributed by atoms with Gasteiger partial charge >= 0.3 is 6.03 Å². The van der Waals surface area contributed by atoms with E-state index < -0.39 is 17.0 Å². The zero-order valence-electron chi connectivity index (χ0n) is 21.9. The van der Waals surface area contributed by atoms with Crippen molar-refractivity contribution >= 4 is 29.2 Å². The topological polar surface area (TPSA) is 133 Å². The maximum atomic E-state index is 12.9. The zero-order chi connectivity index (χ0) is 27.9. The van der Waals surface area contributed by atoms with Crippen molar-refractivity contribution in [1.29, 1.82) is 0 Å². The van der Waals surface area contributed by atoms with Crippen LogP contribution in [0.2, 0.25) is 0 Å². The van der Waals surface area contributed by atoms with E-state index in [1.165, 1.54) is 38.1 Å². The minimum absolute atomic E-state index is 0.0263. The number of nitro benzene ring substituents is 1. The molecule has 0 aliphatic carbocycles. The fraction of sp³-hybridized carbons (Fsp3) is 0.222. The summed E-state index contributed by atoms with van der Waals surface area (Å²) in [7, 11) is 3.06. The van der Waals surface area contributed by atoms with E-state index in [2.05, 4.69) is 26.9 Å². The summed E-state index contributed by atoms with van der Waals surface area (Å²) in [5.41, 5.74) is 3.38. The lowest BCUT2D eigenvalue weighted by atomic mass is 10.2. The number of thioether (sulfide) groups is 1. The molecule has 0 bridgehead atoms. The first-order valence-corrected chi connectivity index (χ1v) is 12.9. The van der Waals surface area contributed by atoms with Crippen LogP contribution in [0.1, 0.15) is 29.9 Å². The Morgan fingerprint density at radius 2 is 1.74 bits per heavy atom. The Hall–Kier alpha value is -4.58. The third-order valence-electron chi connectivity index (χ3n) is 5.77. The molecule has 3 aromatic carbocycles. The molecule has 1 aromatic heterocycles. The van der Waals surface area contributed by atoms with Crippen molar-refractivity contribution in [1.82, 2.24) is 20.1 Å². The molecule has 0 saturated carbocycles. The molecule has 1 heterocycles. The van der Waals surface area contributed by atoms with Crippen LogP contribution in [0.15, 0.2) is 71.9 Å². The van der Waals surface area contributed by atoms with E-state index >= 15 is 0 Å². The third-order valence-corrected chi connectivity index (χ3v) is 6.77. The second kappa shape index (κ2) is 12.3. The lowest BCUT2D eigenvalue weighted by Crippen LogP contribution is -2.32. The number of aryl methyl sites for hydroxylation is 1. The van der Waals surface area contributed by atoms with Gasteiger partial charge in [0.05, 0.1) is 25.2 Å². The van der Waals surface area contributed by atoms with Gasteiger partial charge < -0.3 is 20.1 Å². The van der Waals surface area contributed by atoms with Gasteiger partial charge in [-0.2, -0.15) is 0 Å². The summed E-state index contributed by atoms with van der Waals surface area (Å²) in [5.74, 6) is 2.18. The number of aromatic nitrogens is 3. The number of anilines is 1. The fourth-order valence-corrected chi connectivity index (χ4v) is 4.78. The van der Waals surface area contributed by atoms with Crippen molar-refractivity contribution < 1.29 is 19.2 Å². The Labute approximate surface area is 229 Å². The molecule has 2 amide bonds. The third kappa shape index (κ3) is 6.85. The normalized spacial score (nSPS) is 11.5. The van der Waals surface area contributed by atoms with Crippen LogP contribution in [0, 0.1) is 17.0 Å². The van der Waals surface area contributed by atoms with Gasteiger partial charge in [0.25, 0.3) is 5.69 Å². The van der Waals surface area contributed by atoms with Gasteiger partial charge in [-0.3, -0.25) is 14.7 Å². The molecule has 0 aliphatic rings. The molecule has 1 unspecified atom stereocenters. The van der Waals surface area contributed by atoms with Gasteiger partial charge in [-0.1, -0.05) is 41.6 Å². The number of nitrogens with one attached hydrogen (secondary N) is 2. The summed E-state index contributed by atoms with van der Waals surface area (Å²) in [5, 5.41) is 26.2. The number of hydrogen-bond acceptors (Lipinski definition) is 8. The summed E-state index contributed by atoms with van der Waals surface area (Å²) >= 11 is 1.48. The fourth-order valence-electron chi connectivity index (χ4n) is 3.88. The number of benzene rings is 3. The number of amides is 2. The molecule has 0 spiro atoms. The van der Waals surface area contributed by atoms with Crippen LogP contribution in [0.4, 0.5) is 16.2 Å². The second-order valence-corrected chi connectivity index (χ2v) is 9.59. The minimum Gasteiger partial charge on any atom is -0.497 e. The predicted octanol–water partition coefficient (Wildman–Crippen LogP) is 5.68. The molecule has 202 valence electrons. The SMILES string of the molecule is COc1cc(NC(=O)NC(C)c2nnc(SCc3cccc(C)c3)n2-c2ccc([N+](=O)[O-])cc2)cc(OC)c1. The molecule has 4 rings (SSSR count). The molecule has 39 heavy (non-hydrogen) atoms. The average molecular weight is 549 g/mol. The molecule has 1 atom stereocenters. The summed E-state index contributed by atoms with van der Waals surface area (Å²) in [4.78, 5) is 23.6. The molecule has 4 aromatic rings. The largest absolute Gasteiger partial charge is 0.497 e. The summed E-state index contributed by atoms with van der Waals surface area (Å²) < 4.78 is 12.3. The van der Waals surface area contributed by atoms with Crippen LogP contribution in [0.25, 0.3) is 5.69 Å². The van der Waals surface area contributed by atoms with E-state index in [0.29, 0.717) is 39.6 Å².